The van der Waals surface area contributed by atoms with E-state index in [1.54, 1.807) is 6.92 Å². The summed E-state index contributed by atoms with van der Waals surface area (Å²) < 4.78 is 0. The summed E-state index contributed by atoms with van der Waals surface area (Å²) in [7, 11) is 0. The summed E-state index contributed by atoms with van der Waals surface area (Å²) in [5.41, 5.74) is 1.39. The molecular weight excluding hydrogens is 300 g/mol. The maximum absolute atomic E-state index is 12.2. The number of hydrogen-bond acceptors (Lipinski definition) is 3. The van der Waals surface area contributed by atoms with Crippen molar-refractivity contribution >= 4 is 5.78 Å². The second-order valence-corrected chi connectivity index (χ2v) is 9.59. The first kappa shape index (κ1) is 16.8. The topological polar surface area (TPSA) is 57.5 Å². The Labute approximate surface area is 145 Å². The van der Waals surface area contributed by atoms with Gasteiger partial charge in [-0.2, -0.15) is 0 Å². The van der Waals surface area contributed by atoms with Crippen LogP contribution in [0.1, 0.15) is 65.7 Å². The van der Waals surface area contributed by atoms with Crippen molar-refractivity contribution in [3.05, 3.63) is 11.6 Å². The lowest BCUT2D eigenvalue weighted by Crippen LogP contribution is -2.56. The molecule has 4 aliphatic rings. The SMILES string of the molecule is CC(=O)C1CC[C@H]2[C@@H]3CC=C4CC(O)CC[C@]4(C)[C@H]3[C@@H](O)C[C@]12C. The van der Waals surface area contributed by atoms with Crippen LogP contribution in [0, 0.1) is 34.5 Å². The van der Waals surface area contributed by atoms with E-state index in [0.29, 0.717) is 23.5 Å². The quantitative estimate of drug-likeness (QED) is 0.723. The highest BCUT2D eigenvalue weighted by Crippen LogP contribution is 2.66. The molecule has 3 heteroatoms. The van der Waals surface area contributed by atoms with Crippen molar-refractivity contribution in [2.75, 3.05) is 0 Å². The molecule has 24 heavy (non-hydrogen) atoms. The molecule has 134 valence electrons. The summed E-state index contributed by atoms with van der Waals surface area (Å²) in [4.78, 5) is 12.2. The predicted octanol–water partition coefficient (Wildman–Crippen LogP) is 3.49. The number of Topliss-reactive ketones (excluding diaryl/α,β-unsaturated/α-hetero) is 1. The highest BCUT2D eigenvalue weighted by atomic mass is 16.3. The molecule has 0 aromatic carbocycles. The fourth-order valence-electron chi connectivity index (χ4n) is 7.44. The van der Waals surface area contributed by atoms with Crippen LogP contribution < -0.4 is 0 Å². The second-order valence-electron chi connectivity index (χ2n) is 9.59. The van der Waals surface area contributed by atoms with E-state index >= 15 is 0 Å². The molecule has 4 aliphatic carbocycles. The Morgan fingerprint density at radius 3 is 2.67 bits per heavy atom. The fourth-order valence-corrected chi connectivity index (χ4v) is 7.44. The van der Waals surface area contributed by atoms with Gasteiger partial charge in [-0.05, 0) is 80.5 Å². The Bertz CT molecular complexity index is 582. The zero-order chi connectivity index (χ0) is 17.3. The average Bonchev–Trinajstić information content (AvgIpc) is 2.84. The highest BCUT2D eigenvalue weighted by Gasteiger charge is 2.62. The van der Waals surface area contributed by atoms with Crippen molar-refractivity contribution in [3.8, 4) is 0 Å². The first-order valence-corrected chi connectivity index (χ1v) is 9.83. The molecular formula is C21H32O3. The van der Waals surface area contributed by atoms with Crippen LogP contribution in [0.5, 0.6) is 0 Å². The van der Waals surface area contributed by atoms with Crippen LogP contribution >= 0.6 is 0 Å². The number of allylic oxidation sites excluding steroid dienone is 1. The molecule has 8 atom stereocenters. The lowest BCUT2D eigenvalue weighted by atomic mass is 9.46. The molecule has 0 radical (unpaired) electrons. The van der Waals surface area contributed by atoms with Gasteiger partial charge >= 0.3 is 0 Å². The summed E-state index contributed by atoms with van der Waals surface area (Å²) >= 11 is 0. The van der Waals surface area contributed by atoms with Crippen LogP contribution in [0.3, 0.4) is 0 Å². The summed E-state index contributed by atoms with van der Waals surface area (Å²) in [5, 5.41) is 21.3. The Hall–Kier alpha value is -0.670. The van der Waals surface area contributed by atoms with Gasteiger partial charge in [-0.25, -0.2) is 0 Å². The maximum atomic E-state index is 12.2. The minimum atomic E-state index is -0.319. The van der Waals surface area contributed by atoms with E-state index in [1.165, 1.54) is 5.57 Å². The number of fused-ring (bicyclic) bond motifs is 5. The monoisotopic (exact) mass is 332 g/mol. The summed E-state index contributed by atoms with van der Waals surface area (Å²) in [5.74, 6) is 1.79. The zero-order valence-corrected chi connectivity index (χ0v) is 15.3. The van der Waals surface area contributed by atoms with E-state index in [9.17, 15) is 15.0 Å². The number of aliphatic hydroxyl groups excluding tert-OH is 2. The van der Waals surface area contributed by atoms with Gasteiger partial charge in [0.2, 0.25) is 0 Å². The molecule has 2 unspecified atom stereocenters. The van der Waals surface area contributed by atoms with E-state index in [-0.39, 0.29) is 29.0 Å². The van der Waals surface area contributed by atoms with Crippen LogP contribution in [0.2, 0.25) is 0 Å². The second kappa shape index (κ2) is 5.41. The van der Waals surface area contributed by atoms with E-state index in [0.717, 1.165) is 44.9 Å². The van der Waals surface area contributed by atoms with E-state index in [2.05, 4.69) is 19.9 Å². The van der Waals surface area contributed by atoms with Gasteiger partial charge in [-0.1, -0.05) is 25.5 Å². The number of rotatable bonds is 1. The molecule has 0 aromatic rings. The maximum Gasteiger partial charge on any atom is 0.133 e. The Kier molecular flexibility index (Phi) is 3.78. The van der Waals surface area contributed by atoms with Gasteiger partial charge < -0.3 is 10.2 Å². The minimum absolute atomic E-state index is 0.0255. The van der Waals surface area contributed by atoms with Gasteiger partial charge in [0, 0.05) is 5.92 Å². The smallest absolute Gasteiger partial charge is 0.133 e. The average molecular weight is 332 g/mol. The highest BCUT2D eigenvalue weighted by molar-refractivity contribution is 5.79. The molecule has 0 saturated heterocycles. The first-order chi connectivity index (χ1) is 11.3. The van der Waals surface area contributed by atoms with Gasteiger partial charge in [0.05, 0.1) is 12.2 Å². The van der Waals surface area contributed by atoms with Crippen molar-refractivity contribution in [2.24, 2.45) is 34.5 Å². The number of carbonyl (C=O) groups is 1. The number of aliphatic hydroxyl groups is 2. The minimum Gasteiger partial charge on any atom is -0.393 e. The summed E-state index contributed by atoms with van der Waals surface area (Å²) in [6.45, 7) is 6.33. The number of ketones is 1. The molecule has 0 heterocycles. The van der Waals surface area contributed by atoms with Gasteiger partial charge in [-0.3, -0.25) is 4.79 Å². The summed E-state index contributed by atoms with van der Waals surface area (Å²) in [6, 6.07) is 0. The zero-order valence-electron chi connectivity index (χ0n) is 15.3. The Balaban J connectivity index is 1.71. The molecule has 4 rings (SSSR count). The van der Waals surface area contributed by atoms with Crippen molar-refractivity contribution < 1.29 is 15.0 Å². The van der Waals surface area contributed by atoms with E-state index in [1.807, 2.05) is 0 Å². The van der Waals surface area contributed by atoms with Gasteiger partial charge in [-0.15, -0.1) is 0 Å². The van der Waals surface area contributed by atoms with Gasteiger partial charge in [0.15, 0.2) is 0 Å². The van der Waals surface area contributed by atoms with Crippen molar-refractivity contribution in [1.82, 2.24) is 0 Å². The standard InChI is InChI=1S/C21H32O3/c1-12(22)16-6-7-17-15-5-4-13-10-14(23)8-9-20(13,2)19(15)18(24)11-21(16,17)3/h4,14-19,23-24H,5-11H2,1-3H3/t14?,15-,16?,17-,18-,19+,20-,21+/m0/s1. The van der Waals surface area contributed by atoms with E-state index in [4.69, 9.17) is 0 Å². The van der Waals surface area contributed by atoms with E-state index < -0.39 is 0 Å². The molecule has 0 spiro atoms. The largest absolute Gasteiger partial charge is 0.393 e. The van der Waals surface area contributed by atoms with Gasteiger partial charge in [0.25, 0.3) is 0 Å². The van der Waals surface area contributed by atoms with Crippen LogP contribution in [0.25, 0.3) is 0 Å². The molecule has 2 N–H and O–H groups in total. The first-order valence-electron chi connectivity index (χ1n) is 9.83. The van der Waals surface area contributed by atoms with Crippen molar-refractivity contribution in [1.29, 1.82) is 0 Å². The normalized spacial score (nSPS) is 53.6. The van der Waals surface area contributed by atoms with Crippen LogP contribution in [0.4, 0.5) is 0 Å². The third-order valence-corrected chi connectivity index (χ3v) is 8.50. The third kappa shape index (κ3) is 2.13. The number of carbonyl (C=O) groups excluding carboxylic acids is 1. The molecule has 0 amide bonds. The Morgan fingerprint density at radius 1 is 1.21 bits per heavy atom. The molecule has 3 saturated carbocycles. The Morgan fingerprint density at radius 2 is 1.96 bits per heavy atom. The predicted molar refractivity (Wildman–Crippen MR) is 93.3 cm³/mol. The third-order valence-electron chi connectivity index (χ3n) is 8.50. The number of hydrogen-bond donors (Lipinski definition) is 2. The molecule has 0 aromatic heterocycles. The van der Waals surface area contributed by atoms with Crippen molar-refractivity contribution in [3.63, 3.8) is 0 Å². The molecule has 0 bridgehead atoms. The van der Waals surface area contributed by atoms with Crippen LogP contribution in [-0.2, 0) is 4.79 Å². The van der Waals surface area contributed by atoms with Crippen LogP contribution in [-0.4, -0.2) is 28.2 Å². The molecule has 3 fully saturated rings. The molecule has 3 nitrogen and oxygen atoms in total. The molecule has 0 aliphatic heterocycles. The van der Waals surface area contributed by atoms with Crippen LogP contribution in [0.15, 0.2) is 11.6 Å². The summed E-state index contributed by atoms with van der Waals surface area (Å²) in [6.07, 6.45) is 8.39. The fraction of sp³-hybridized carbons (Fsp3) is 0.857. The lowest BCUT2D eigenvalue weighted by molar-refractivity contribution is -0.140. The lowest BCUT2D eigenvalue weighted by Gasteiger charge is -2.59. The van der Waals surface area contributed by atoms with Gasteiger partial charge in [0.1, 0.15) is 5.78 Å². The van der Waals surface area contributed by atoms with Crippen molar-refractivity contribution in [2.45, 2.75) is 77.9 Å².